The van der Waals surface area contributed by atoms with Gasteiger partial charge < -0.3 is 10.5 Å². The first kappa shape index (κ1) is 22.8. The molecule has 1 amide bonds. The van der Waals surface area contributed by atoms with Crippen LogP contribution in [0.25, 0.3) is 17.1 Å². The molecule has 0 bridgehead atoms. The van der Waals surface area contributed by atoms with Crippen LogP contribution in [-0.2, 0) is 6.18 Å². The molecule has 0 saturated carbocycles. The van der Waals surface area contributed by atoms with Crippen LogP contribution in [0.3, 0.4) is 0 Å². The number of carbonyl (C=O) groups excluding carboxylic acids is 1. The summed E-state index contributed by atoms with van der Waals surface area (Å²) in [5, 5.41) is 18.8. The smallest absolute Gasteiger partial charge is 0.478 e. The molecule has 4 aromatic heterocycles. The second kappa shape index (κ2) is 8.89. The Kier molecular flexibility index (Phi) is 5.97. The summed E-state index contributed by atoms with van der Waals surface area (Å²) in [6, 6.07) is 6.90. The zero-order chi connectivity index (χ0) is 24.5. The molecule has 1 atom stereocenters. The molecular formula is C22H16F4N6O2. The number of halogens is 4. The van der Waals surface area contributed by atoms with Crippen molar-refractivity contribution in [3.8, 4) is 17.1 Å². The third-order valence-corrected chi connectivity index (χ3v) is 4.92. The van der Waals surface area contributed by atoms with E-state index < -0.39 is 29.6 Å². The summed E-state index contributed by atoms with van der Waals surface area (Å²) in [6.07, 6.45) is 1.42. The van der Waals surface area contributed by atoms with E-state index in [1.165, 1.54) is 36.1 Å². The van der Waals surface area contributed by atoms with Crippen LogP contribution in [0.4, 0.5) is 17.6 Å². The summed E-state index contributed by atoms with van der Waals surface area (Å²) in [6.45, 7) is 1.52. The third kappa shape index (κ3) is 4.70. The van der Waals surface area contributed by atoms with Crippen LogP contribution in [0.5, 0.6) is 0 Å². The molecule has 1 N–H and O–H groups in total. The van der Waals surface area contributed by atoms with Gasteiger partial charge in [-0.15, -0.1) is 0 Å². The van der Waals surface area contributed by atoms with Gasteiger partial charge in [-0.25, -0.2) is 14.1 Å². The lowest BCUT2D eigenvalue weighted by Crippen LogP contribution is -2.38. The molecule has 0 unspecified atom stereocenters. The van der Waals surface area contributed by atoms with Gasteiger partial charge in [-0.05, 0) is 37.3 Å². The Morgan fingerprint density at radius 3 is 2.59 bits per heavy atom. The first-order chi connectivity index (χ1) is 16.1. The normalized spacial score (nSPS) is 12.4. The predicted octanol–water partition coefficient (Wildman–Crippen LogP) is 3.61. The first-order valence-corrected chi connectivity index (χ1v) is 9.86. The fourth-order valence-electron chi connectivity index (χ4n) is 3.21. The molecule has 4 aromatic rings. The summed E-state index contributed by atoms with van der Waals surface area (Å²) in [5.41, 5.74) is -0.287. The van der Waals surface area contributed by atoms with Crippen molar-refractivity contribution in [3.63, 3.8) is 0 Å². The van der Waals surface area contributed by atoms with E-state index in [4.69, 9.17) is 0 Å². The minimum Gasteiger partial charge on any atom is -0.618 e. The van der Waals surface area contributed by atoms with Gasteiger partial charge in [0.05, 0.1) is 17.8 Å². The van der Waals surface area contributed by atoms with Crippen LogP contribution >= 0.6 is 0 Å². The van der Waals surface area contributed by atoms with E-state index in [1.54, 1.807) is 18.3 Å². The van der Waals surface area contributed by atoms with Crippen molar-refractivity contribution in [2.75, 3.05) is 0 Å². The van der Waals surface area contributed by atoms with Crippen LogP contribution in [-0.4, -0.2) is 25.7 Å². The number of carbonyl (C=O) groups is 1. The molecule has 0 aromatic carbocycles. The van der Waals surface area contributed by atoms with Gasteiger partial charge in [0.25, 0.3) is 11.6 Å². The van der Waals surface area contributed by atoms with Gasteiger partial charge in [-0.3, -0.25) is 9.78 Å². The molecule has 0 fully saturated rings. The topological polar surface area (TPSA) is 99.6 Å². The minimum atomic E-state index is -4.80. The molecule has 4 heterocycles. The molecule has 4 rings (SSSR count). The molecule has 174 valence electrons. The Hall–Kier alpha value is -4.35. The number of hydrogen-bond acceptors (Lipinski definition) is 5. The van der Waals surface area contributed by atoms with E-state index >= 15 is 0 Å². The van der Waals surface area contributed by atoms with Crippen LogP contribution < -0.4 is 10.0 Å². The van der Waals surface area contributed by atoms with E-state index in [-0.39, 0.29) is 27.4 Å². The predicted molar refractivity (Wildman–Crippen MR) is 111 cm³/mol. The second-order valence-electron chi connectivity index (χ2n) is 7.28. The fourth-order valence-corrected chi connectivity index (χ4v) is 3.21. The summed E-state index contributed by atoms with van der Waals surface area (Å²) in [7, 11) is 0. The maximum atomic E-state index is 13.3. The van der Waals surface area contributed by atoms with Crippen molar-refractivity contribution in [2.24, 2.45) is 0 Å². The van der Waals surface area contributed by atoms with Crippen molar-refractivity contribution in [1.29, 1.82) is 0 Å². The van der Waals surface area contributed by atoms with Gasteiger partial charge in [-0.2, -0.15) is 23.0 Å². The van der Waals surface area contributed by atoms with E-state index in [1.807, 2.05) is 0 Å². The van der Waals surface area contributed by atoms with Crippen LogP contribution in [0.1, 0.15) is 34.6 Å². The standard InChI is InChI=1S/C22H16F4N6O2/c1-13(15-4-6-18(22(24,25)26)32(34)11-15)29-21(33)17-12-31(19-7-5-16(23)10-28-19)30-20(17)14-3-2-8-27-9-14/h2-13H,1H3,(H,29,33)/t13-/m1/s1. The second-order valence-corrected chi connectivity index (χ2v) is 7.28. The number of aromatic nitrogens is 5. The molecule has 0 aliphatic carbocycles. The highest BCUT2D eigenvalue weighted by Crippen LogP contribution is 2.27. The Morgan fingerprint density at radius 2 is 1.97 bits per heavy atom. The highest BCUT2D eigenvalue weighted by Gasteiger charge is 2.39. The summed E-state index contributed by atoms with van der Waals surface area (Å²) in [5.74, 6) is -0.881. The molecule has 12 heteroatoms. The quantitative estimate of drug-likeness (QED) is 0.272. The van der Waals surface area contributed by atoms with Gasteiger partial charge in [0.2, 0.25) is 0 Å². The number of pyridine rings is 3. The molecule has 8 nitrogen and oxygen atoms in total. The lowest BCUT2D eigenvalue weighted by molar-refractivity contribution is -0.629. The van der Waals surface area contributed by atoms with Gasteiger partial charge in [0, 0.05) is 35.8 Å². The summed E-state index contributed by atoms with van der Waals surface area (Å²) >= 11 is 0. The highest BCUT2D eigenvalue weighted by atomic mass is 19.4. The van der Waals surface area contributed by atoms with Crippen LogP contribution in [0.2, 0.25) is 0 Å². The summed E-state index contributed by atoms with van der Waals surface area (Å²) in [4.78, 5) is 21.1. The van der Waals surface area contributed by atoms with E-state index in [9.17, 15) is 27.6 Å². The largest absolute Gasteiger partial charge is 0.618 e. The molecule has 0 aliphatic rings. The van der Waals surface area contributed by atoms with Crippen molar-refractivity contribution in [3.05, 3.63) is 95.2 Å². The number of nitrogens with zero attached hydrogens (tertiary/aromatic N) is 5. The van der Waals surface area contributed by atoms with Crippen molar-refractivity contribution >= 4 is 5.91 Å². The van der Waals surface area contributed by atoms with E-state index in [2.05, 4.69) is 20.4 Å². The van der Waals surface area contributed by atoms with Crippen LogP contribution in [0.15, 0.2) is 67.4 Å². The van der Waals surface area contributed by atoms with Crippen LogP contribution in [0, 0.1) is 11.0 Å². The number of rotatable bonds is 5. The van der Waals surface area contributed by atoms with E-state index in [0.29, 0.717) is 11.6 Å². The Balaban J connectivity index is 1.66. The molecule has 0 saturated heterocycles. The Bertz CT molecular complexity index is 1320. The molecule has 34 heavy (non-hydrogen) atoms. The van der Waals surface area contributed by atoms with Gasteiger partial charge in [0.1, 0.15) is 11.5 Å². The van der Waals surface area contributed by atoms with Gasteiger partial charge in [0.15, 0.2) is 12.0 Å². The number of nitrogens with one attached hydrogen (secondary N) is 1. The lowest BCUT2D eigenvalue weighted by atomic mass is 10.1. The average molecular weight is 472 g/mol. The van der Waals surface area contributed by atoms with Gasteiger partial charge >= 0.3 is 6.18 Å². The van der Waals surface area contributed by atoms with Crippen molar-refractivity contribution < 1.29 is 27.1 Å². The number of alkyl halides is 3. The zero-order valence-electron chi connectivity index (χ0n) is 17.5. The molecule has 0 spiro atoms. The van der Waals surface area contributed by atoms with E-state index in [0.717, 1.165) is 18.5 Å². The third-order valence-electron chi connectivity index (χ3n) is 4.92. The Morgan fingerprint density at radius 1 is 1.18 bits per heavy atom. The zero-order valence-corrected chi connectivity index (χ0v) is 17.5. The fraction of sp³-hybridized carbons (Fsp3) is 0.136. The monoisotopic (exact) mass is 472 g/mol. The molecular weight excluding hydrogens is 456 g/mol. The maximum absolute atomic E-state index is 13.3. The maximum Gasteiger partial charge on any atom is 0.478 e. The van der Waals surface area contributed by atoms with Crippen molar-refractivity contribution in [2.45, 2.75) is 19.1 Å². The lowest BCUT2D eigenvalue weighted by Gasteiger charge is -2.15. The van der Waals surface area contributed by atoms with Gasteiger partial charge in [-0.1, -0.05) is 0 Å². The number of amides is 1. The average Bonchev–Trinajstić information content (AvgIpc) is 3.25. The molecule has 0 aliphatic heterocycles. The van der Waals surface area contributed by atoms with Crippen molar-refractivity contribution in [1.82, 2.24) is 25.1 Å². The minimum absolute atomic E-state index is 0.118. The highest BCUT2D eigenvalue weighted by molar-refractivity contribution is 6.00. The molecule has 0 radical (unpaired) electrons. The Labute approximate surface area is 190 Å². The first-order valence-electron chi connectivity index (χ1n) is 9.86. The summed E-state index contributed by atoms with van der Waals surface area (Å²) < 4.78 is 52.8. The SMILES string of the molecule is C[C@@H](NC(=O)c1cn(-c2ccc(F)cn2)nc1-c1cccnc1)c1ccc(C(F)(F)F)[n+]([O-])c1. The number of hydrogen-bond donors (Lipinski definition) is 1.